The van der Waals surface area contributed by atoms with Gasteiger partial charge in [-0.25, -0.2) is 4.98 Å². The summed E-state index contributed by atoms with van der Waals surface area (Å²) in [5.41, 5.74) is 8.98. The molecule has 0 bridgehead atoms. The van der Waals surface area contributed by atoms with Crippen LogP contribution in [-0.4, -0.2) is 29.1 Å². The predicted molar refractivity (Wildman–Crippen MR) is 110 cm³/mol. The van der Waals surface area contributed by atoms with Crippen LogP contribution in [0.4, 0.5) is 5.82 Å². The van der Waals surface area contributed by atoms with Gasteiger partial charge in [-0.05, 0) is 37.7 Å². The third-order valence-corrected chi connectivity index (χ3v) is 6.52. The Morgan fingerprint density at radius 1 is 1.27 bits per heavy atom. The second-order valence-electron chi connectivity index (χ2n) is 7.42. The molecule has 1 atom stereocenters. The molecule has 1 aromatic heterocycles. The molecule has 4 nitrogen and oxygen atoms in total. The maximum atomic E-state index is 6.34. The SMILES string of the molecule is CCC(N)C1(C)CCN(c2cnc(-c3cccc(Cl)c3Cl)c(C)n2)CC1. The van der Waals surface area contributed by atoms with E-state index in [1.54, 1.807) is 6.07 Å². The first-order chi connectivity index (χ1) is 12.4. The summed E-state index contributed by atoms with van der Waals surface area (Å²) in [5, 5.41) is 1.04. The minimum absolute atomic E-state index is 0.210. The molecule has 0 aliphatic carbocycles. The number of piperidine rings is 1. The highest BCUT2D eigenvalue weighted by Gasteiger charge is 2.35. The van der Waals surface area contributed by atoms with Crippen molar-refractivity contribution in [2.45, 2.75) is 46.1 Å². The quantitative estimate of drug-likeness (QED) is 0.785. The van der Waals surface area contributed by atoms with E-state index in [4.69, 9.17) is 33.9 Å². The van der Waals surface area contributed by atoms with E-state index in [0.29, 0.717) is 10.0 Å². The van der Waals surface area contributed by atoms with Crippen LogP contribution in [0.2, 0.25) is 10.0 Å². The molecule has 2 aromatic rings. The van der Waals surface area contributed by atoms with Crippen molar-refractivity contribution >= 4 is 29.0 Å². The summed E-state index contributed by atoms with van der Waals surface area (Å²) < 4.78 is 0. The van der Waals surface area contributed by atoms with Gasteiger partial charge in [0.05, 0.1) is 27.6 Å². The van der Waals surface area contributed by atoms with Gasteiger partial charge in [0, 0.05) is 24.7 Å². The lowest BCUT2D eigenvalue weighted by Gasteiger charge is -2.43. The van der Waals surface area contributed by atoms with Gasteiger partial charge in [-0.3, -0.25) is 4.98 Å². The average Bonchev–Trinajstić information content (AvgIpc) is 2.64. The topological polar surface area (TPSA) is 55.0 Å². The minimum Gasteiger partial charge on any atom is -0.355 e. The molecule has 0 radical (unpaired) electrons. The Labute approximate surface area is 165 Å². The summed E-state index contributed by atoms with van der Waals surface area (Å²) in [4.78, 5) is 11.7. The summed E-state index contributed by atoms with van der Waals surface area (Å²) in [6.45, 7) is 8.34. The van der Waals surface area contributed by atoms with E-state index < -0.39 is 0 Å². The molecule has 0 spiro atoms. The van der Waals surface area contributed by atoms with Gasteiger partial charge < -0.3 is 10.6 Å². The lowest BCUT2D eigenvalue weighted by Crippen LogP contribution is -2.48. The smallest absolute Gasteiger partial charge is 0.147 e. The molecule has 1 aliphatic heterocycles. The number of halogens is 2. The number of rotatable bonds is 4. The first-order valence-electron chi connectivity index (χ1n) is 9.14. The van der Waals surface area contributed by atoms with Gasteiger partial charge in [-0.1, -0.05) is 49.2 Å². The number of nitrogens with zero attached hydrogens (tertiary/aromatic N) is 3. The summed E-state index contributed by atoms with van der Waals surface area (Å²) in [7, 11) is 0. The highest BCUT2D eigenvalue weighted by molar-refractivity contribution is 6.43. The van der Waals surface area contributed by atoms with Crippen molar-refractivity contribution in [3.63, 3.8) is 0 Å². The molecular weight excluding hydrogens is 367 g/mol. The van der Waals surface area contributed by atoms with Crippen molar-refractivity contribution in [2.24, 2.45) is 11.1 Å². The molecule has 1 aromatic carbocycles. The van der Waals surface area contributed by atoms with E-state index in [-0.39, 0.29) is 11.5 Å². The Morgan fingerprint density at radius 2 is 1.96 bits per heavy atom. The van der Waals surface area contributed by atoms with E-state index in [0.717, 1.165) is 55.1 Å². The lowest BCUT2D eigenvalue weighted by molar-refractivity contribution is 0.190. The molecule has 1 aliphatic rings. The molecule has 0 saturated carbocycles. The molecule has 2 heterocycles. The first-order valence-corrected chi connectivity index (χ1v) is 9.90. The van der Waals surface area contributed by atoms with Crippen LogP contribution in [-0.2, 0) is 0 Å². The number of anilines is 1. The molecule has 140 valence electrons. The van der Waals surface area contributed by atoms with Gasteiger partial charge in [0.2, 0.25) is 0 Å². The maximum absolute atomic E-state index is 6.34. The third-order valence-electron chi connectivity index (χ3n) is 5.71. The molecule has 1 saturated heterocycles. The fourth-order valence-electron chi connectivity index (χ4n) is 3.68. The third kappa shape index (κ3) is 3.68. The fraction of sp³-hybridized carbons (Fsp3) is 0.500. The Kier molecular flexibility index (Phi) is 5.75. The van der Waals surface area contributed by atoms with Gasteiger partial charge in [0.25, 0.3) is 0 Å². The van der Waals surface area contributed by atoms with Gasteiger partial charge in [-0.2, -0.15) is 0 Å². The molecule has 1 unspecified atom stereocenters. The number of benzene rings is 1. The van der Waals surface area contributed by atoms with Crippen molar-refractivity contribution in [3.8, 4) is 11.3 Å². The number of hydrogen-bond acceptors (Lipinski definition) is 4. The lowest BCUT2D eigenvalue weighted by atomic mass is 9.73. The van der Waals surface area contributed by atoms with Gasteiger partial charge in [-0.15, -0.1) is 0 Å². The minimum atomic E-state index is 0.210. The van der Waals surface area contributed by atoms with Crippen LogP contribution in [0, 0.1) is 12.3 Å². The normalized spacial score (nSPS) is 18.0. The van der Waals surface area contributed by atoms with Crippen molar-refractivity contribution in [1.82, 2.24) is 9.97 Å². The predicted octanol–water partition coefficient (Wildman–Crippen LogP) is 5.10. The molecule has 2 N–H and O–H groups in total. The Hall–Kier alpha value is -1.36. The maximum Gasteiger partial charge on any atom is 0.147 e. The van der Waals surface area contributed by atoms with Crippen molar-refractivity contribution < 1.29 is 0 Å². The summed E-state index contributed by atoms with van der Waals surface area (Å²) in [6.07, 6.45) is 5.00. The number of aryl methyl sites for hydroxylation is 1. The molecule has 0 amide bonds. The van der Waals surface area contributed by atoms with E-state index in [9.17, 15) is 0 Å². The highest BCUT2D eigenvalue weighted by atomic mass is 35.5. The summed E-state index contributed by atoms with van der Waals surface area (Å²) in [6, 6.07) is 5.82. The Balaban J connectivity index is 1.80. The summed E-state index contributed by atoms with van der Waals surface area (Å²) >= 11 is 12.5. The van der Waals surface area contributed by atoms with Crippen LogP contribution >= 0.6 is 23.2 Å². The largest absolute Gasteiger partial charge is 0.355 e. The van der Waals surface area contributed by atoms with Crippen LogP contribution in [0.1, 0.15) is 38.8 Å². The van der Waals surface area contributed by atoms with Crippen LogP contribution in [0.25, 0.3) is 11.3 Å². The van der Waals surface area contributed by atoms with Crippen LogP contribution in [0.5, 0.6) is 0 Å². The molecule has 26 heavy (non-hydrogen) atoms. The zero-order valence-corrected chi connectivity index (χ0v) is 17.1. The van der Waals surface area contributed by atoms with E-state index in [1.165, 1.54) is 0 Å². The van der Waals surface area contributed by atoms with Crippen LogP contribution in [0.3, 0.4) is 0 Å². The fourth-order valence-corrected chi connectivity index (χ4v) is 4.07. The number of hydrogen-bond donors (Lipinski definition) is 1. The number of nitrogens with two attached hydrogens (primary N) is 1. The zero-order chi connectivity index (χ0) is 18.9. The molecule has 6 heteroatoms. The zero-order valence-electron chi connectivity index (χ0n) is 15.6. The van der Waals surface area contributed by atoms with Crippen molar-refractivity contribution in [1.29, 1.82) is 0 Å². The average molecular weight is 393 g/mol. The molecule has 1 fully saturated rings. The van der Waals surface area contributed by atoms with Gasteiger partial charge in [0.15, 0.2) is 0 Å². The first kappa shape index (κ1) is 19.4. The summed E-state index contributed by atoms with van der Waals surface area (Å²) in [5.74, 6) is 0.913. The Morgan fingerprint density at radius 3 is 2.58 bits per heavy atom. The Bertz CT molecular complexity index is 785. The van der Waals surface area contributed by atoms with E-state index in [1.807, 2.05) is 25.3 Å². The van der Waals surface area contributed by atoms with Crippen molar-refractivity contribution in [3.05, 3.63) is 40.1 Å². The van der Waals surface area contributed by atoms with E-state index in [2.05, 4.69) is 23.7 Å². The van der Waals surface area contributed by atoms with Crippen LogP contribution < -0.4 is 10.6 Å². The molecule has 3 rings (SSSR count). The van der Waals surface area contributed by atoms with Crippen LogP contribution in [0.15, 0.2) is 24.4 Å². The molecular formula is C20H26Cl2N4. The monoisotopic (exact) mass is 392 g/mol. The number of aromatic nitrogens is 2. The second-order valence-corrected chi connectivity index (χ2v) is 8.20. The van der Waals surface area contributed by atoms with Gasteiger partial charge in [0.1, 0.15) is 5.82 Å². The second kappa shape index (κ2) is 7.71. The van der Waals surface area contributed by atoms with Crippen molar-refractivity contribution in [2.75, 3.05) is 18.0 Å². The highest BCUT2D eigenvalue weighted by Crippen LogP contribution is 2.37. The van der Waals surface area contributed by atoms with E-state index >= 15 is 0 Å². The van der Waals surface area contributed by atoms with Gasteiger partial charge >= 0.3 is 0 Å². The standard InChI is InChI=1S/C20H26Cl2N4/c1-4-16(23)20(3)8-10-26(11-9-20)17-12-24-19(13(2)25-17)14-6-5-7-15(21)18(14)22/h5-7,12,16H,4,8-11,23H2,1-3H3.